The van der Waals surface area contributed by atoms with Gasteiger partial charge >= 0.3 is 12.3 Å². The molecule has 164 valence electrons. The molecule has 30 heavy (non-hydrogen) atoms. The first-order valence-corrected chi connectivity index (χ1v) is 9.36. The van der Waals surface area contributed by atoms with Crippen LogP contribution < -0.4 is 18.9 Å². The number of hydrogen-bond donors (Lipinski definition) is 2. The summed E-state index contributed by atoms with van der Waals surface area (Å²) in [5, 5.41) is -0.446. The topological polar surface area (TPSA) is 72.5 Å². The van der Waals surface area contributed by atoms with E-state index in [-0.39, 0.29) is 27.1 Å². The highest BCUT2D eigenvalue weighted by Crippen LogP contribution is 2.35. The smallest absolute Gasteiger partial charge is 0.340 e. The largest absolute Gasteiger partial charge is 0.470 e. The van der Waals surface area contributed by atoms with Crippen molar-refractivity contribution in [3.8, 4) is 17.4 Å². The molecule has 0 aliphatic carbocycles. The van der Waals surface area contributed by atoms with E-state index in [1.807, 2.05) is 0 Å². The fourth-order valence-corrected chi connectivity index (χ4v) is 2.58. The molecule has 0 spiro atoms. The van der Waals surface area contributed by atoms with Gasteiger partial charge in [-0.15, -0.1) is 0 Å². The summed E-state index contributed by atoms with van der Waals surface area (Å²) in [6, 6.07) is 2.96. The Morgan fingerprint density at radius 3 is 2.57 bits per heavy atom. The maximum Gasteiger partial charge on any atom is 0.340 e. The average molecular weight is 492 g/mol. The molecule has 6 nitrogen and oxygen atoms in total. The van der Waals surface area contributed by atoms with Crippen molar-refractivity contribution in [1.82, 2.24) is 14.4 Å². The number of alkyl halides is 4. The number of benzene rings is 1. The first-order valence-electron chi connectivity index (χ1n) is 7.79. The van der Waals surface area contributed by atoms with E-state index >= 15 is 0 Å². The maximum absolute atomic E-state index is 14.2. The number of nitrogens with one attached hydrogen (secondary N) is 2. The number of amides is 1. The molecule has 2 N–H and O–H groups in total. The fourth-order valence-electron chi connectivity index (χ4n) is 1.86. The number of halogens is 7. The van der Waals surface area contributed by atoms with Gasteiger partial charge in [-0.05, 0) is 13.1 Å². The fraction of sp³-hybridized carbons (Fsp3) is 0.250. The lowest BCUT2D eigenvalue weighted by atomic mass is 10.2. The molecule has 2 aromatic rings. The molecule has 0 atom stereocenters. The van der Waals surface area contributed by atoms with E-state index in [0.29, 0.717) is 0 Å². The summed E-state index contributed by atoms with van der Waals surface area (Å²) in [7, 11) is 1.55. The van der Waals surface area contributed by atoms with Crippen molar-refractivity contribution < 1.29 is 36.2 Å². The van der Waals surface area contributed by atoms with Crippen LogP contribution in [0.3, 0.4) is 0 Å². The highest BCUT2D eigenvalue weighted by molar-refractivity contribution is 7.96. The highest BCUT2D eigenvalue weighted by atomic mass is 35.5. The van der Waals surface area contributed by atoms with Gasteiger partial charge in [-0.3, -0.25) is 9.52 Å². The van der Waals surface area contributed by atoms with Crippen LogP contribution in [0.25, 0.3) is 0 Å². The molecule has 1 aromatic heterocycles. The van der Waals surface area contributed by atoms with Gasteiger partial charge in [-0.25, -0.2) is 22.9 Å². The second kappa shape index (κ2) is 10.3. The number of ether oxygens (including phenoxy) is 2. The van der Waals surface area contributed by atoms with Crippen molar-refractivity contribution in [2.45, 2.75) is 12.3 Å². The van der Waals surface area contributed by atoms with Crippen molar-refractivity contribution in [2.75, 3.05) is 13.7 Å². The van der Waals surface area contributed by atoms with Crippen LogP contribution >= 0.6 is 35.3 Å². The molecule has 1 aromatic carbocycles. The van der Waals surface area contributed by atoms with Crippen molar-refractivity contribution in [3.05, 3.63) is 45.8 Å². The van der Waals surface area contributed by atoms with E-state index in [1.54, 1.807) is 7.05 Å². The summed E-state index contributed by atoms with van der Waals surface area (Å²) >= 11 is 12.7. The second-order valence-corrected chi connectivity index (χ2v) is 7.04. The Labute approximate surface area is 181 Å². The number of hydrogen-bond acceptors (Lipinski definition) is 6. The summed E-state index contributed by atoms with van der Waals surface area (Å²) in [5.41, 5.74) is -0.338. The van der Waals surface area contributed by atoms with E-state index in [0.717, 1.165) is 36.5 Å². The van der Waals surface area contributed by atoms with Crippen LogP contribution in [0.5, 0.6) is 17.4 Å². The van der Waals surface area contributed by atoms with Crippen LogP contribution in [0.2, 0.25) is 10.0 Å². The Hall–Kier alpha value is -2.02. The van der Waals surface area contributed by atoms with E-state index in [9.17, 15) is 26.7 Å². The molecule has 1 heterocycles. The summed E-state index contributed by atoms with van der Waals surface area (Å²) in [6.45, 7) is -1.63. The summed E-state index contributed by atoms with van der Waals surface area (Å²) in [5.74, 6) is -6.87. The zero-order valence-electron chi connectivity index (χ0n) is 14.8. The minimum atomic E-state index is -4.38. The van der Waals surface area contributed by atoms with Gasteiger partial charge in [0, 0.05) is 24.3 Å². The Kier molecular flexibility index (Phi) is 8.35. The van der Waals surface area contributed by atoms with Gasteiger partial charge in [0.05, 0.1) is 16.8 Å². The van der Waals surface area contributed by atoms with E-state index in [1.165, 1.54) is 0 Å². The Balaban J connectivity index is 2.14. The molecule has 1 amide bonds. The third-order valence-electron chi connectivity index (χ3n) is 3.24. The zero-order chi connectivity index (χ0) is 22.5. The predicted molar refractivity (Wildman–Crippen MR) is 101 cm³/mol. The lowest BCUT2D eigenvalue weighted by molar-refractivity contribution is -0.148. The van der Waals surface area contributed by atoms with Crippen molar-refractivity contribution in [2.24, 2.45) is 0 Å². The predicted octanol–water partition coefficient (Wildman–Crippen LogP) is 5.11. The number of carbonyl (C=O) groups is 1. The van der Waals surface area contributed by atoms with Crippen molar-refractivity contribution in [1.29, 1.82) is 0 Å². The van der Waals surface area contributed by atoms with E-state index < -0.39 is 36.6 Å². The lowest BCUT2D eigenvalue weighted by Crippen LogP contribution is -2.33. The zero-order valence-corrected chi connectivity index (χ0v) is 17.1. The third kappa shape index (κ3) is 6.24. The molecule has 0 radical (unpaired) electrons. The summed E-state index contributed by atoms with van der Waals surface area (Å²) < 4.78 is 79.1. The maximum atomic E-state index is 14.2. The number of rotatable bonds is 9. The van der Waals surface area contributed by atoms with E-state index in [4.69, 9.17) is 27.9 Å². The van der Waals surface area contributed by atoms with Gasteiger partial charge in [0.1, 0.15) is 22.3 Å². The second-order valence-electron chi connectivity index (χ2n) is 5.41. The molecule has 0 bridgehead atoms. The van der Waals surface area contributed by atoms with Gasteiger partial charge < -0.3 is 9.47 Å². The molecule has 2 rings (SSSR count). The number of aromatic nitrogens is 1. The van der Waals surface area contributed by atoms with Crippen molar-refractivity contribution >= 4 is 41.2 Å². The van der Waals surface area contributed by atoms with Gasteiger partial charge in [-0.1, -0.05) is 23.2 Å². The Morgan fingerprint density at radius 1 is 1.27 bits per heavy atom. The summed E-state index contributed by atoms with van der Waals surface area (Å²) in [4.78, 5) is 15.4. The molecule has 0 saturated heterocycles. The third-order valence-corrected chi connectivity index (χ3v) is 4.30. The molecule has 0 saturated carbocycles. The van der Waals surface area contributed by atoms with Crippen LogP contribution in [0, 0.1) is 5.82 Å². The van der Waals surface area contributed by atoms with Crippen LogP contribution in [-0.4, -0.2) is 36.9 Å². The minimum Gasteiger partial charge on any atom is -0.470 e. The van der Waals surface area contributed by atoms with Gasteiger partial charge in [0.2, 0.25) is 5.88 Å². The normalized spacial score (nSPS) is 11.5. The number of carbonyl (C=O) groups excluding carboxylic acids is 1. The molecule has 14 heteroatoms. The van der Waals surface area contributed by atoms with Crippen molar-refractivity contribution in [3.63, 3.8) is 0 Å². The molecule has 0 fully saturated rings. The average Bonchev–Trinajstić information content (AvgIpc) is 2.67. The van der Waals surface area contributed by atoms with Crippen LogP contribution in [0.1, 0.15) is 10.4 Å². The van der Waals surface area contributed by atoms with Crippen LogP contribution in [-0.2, 0) is 0 Å². The summed E-state index contributed by atoms with van der Waals surface area (Å²) in [6.07, 6.45) is -2.95. The molecule has 0 aliphatic heterocycles. The SMILES string of the molecule is CNSNC(=O)c1cc(Cl)c(Oc2cnc(OCC(F)(F)C(F)F)c(Cl)c2)cc1F. The van der Waals surface area contributed by atoms with Crippen LogP contribution in [0.15, 0.2) is 24.4 Å². The van der Waals surface area contributed by atoms with Gasteiger partial charge in [0.25, 0.3) is 5.91 Å². The Bertz CT molecular complexity index is 924. The lowest BCUT2D eigenvalue weighted by Gasteiger charge is -2.16. The highest BCUT2D eigenvalue weighted by Gasteiger charge is 2.42. The first kappa shape index (κ1) is 24.3. The van der Waals surface area contributed by atoms with Gasteiger partial charge in [0.15, 0.2) is 6.61 Å². The van der Waals surface area contributed by atoms with Crippen LogP contribution in [0.4, 0.5) is 22.0 Å². The molecule has 0 unspecified atom stereocenters. The quantitative estimate of drug-likeness (QED) is 0.375. The number of nitrogens with zero attached hydrogens (tertiary/aromatic N) is 1. The first-order chi connectivity index (χ1) is 14.0. The minimum absolute atomic E-state index is 0.0859. The molecular weight excluding hydrogens is 480 g/mol. The van der Waals surface area contributed by atoms with Gasteiger partial charge in [-0.2, -0.15) is 8.78 Å². The van der Waals surface area contributed by atoms with E-state index in [2.05, 4.69) is 19.2 Å². The standard InChI is InChI=1S/C16H12Cl2F5N3O3S/c1-24-30-26-13(27)8-3-9(17)12(4-11(8)19)29-7-2-10(18)14(25-5-7)28-6-16(22,23)15(20)21/h2-5,15,24H,6H2,1H3,(H,26,27). The Morgan fingerprint density at radius 2 is 1.97 bits per heavy atom. The number of pyridine rings is 1. The molecule has 0 aliphatic rings. The molecular formula is C16H12Cl2F5N3O3S. The monoisotopic (exact) mass is 491 g/mol.